The third kappa shape index (κ3) is 2.62. The average Bonchev–Trinajstić information content (AvgIpc) is 2.52. The lowest BCUT2D eigenvalue weighted by Crippen LogP contribution is -2.05. The van der Waals surface area contributed by atoms with Gasteiger partial charge >= 0.3 is 0 Å². The molecule has 0 saturated heterocycles. The number of benzene rings is 2. The normalized spacial score (nSPS) is 12.1. The van der Waals surface area contributed by atoms with E-state index in [4.69, 9.17) is 0 Å². The van der Waals surface area contributed by atoms with E-state index in [-0.39, 0.29) is 5.92 Å². The number of pyridine rings is 1. The van der Waals surface area contributed by atoms with Crippen LogP contribution in [0, 0.1) is 6.92 Å². The molecular weight excluding hydrogens is 242 g/mol. The first-order valence-electron chi connectivity index (χ1n) is 6.87. The van der Waals surface area contributed by atoms with Crippen molar-refractivity contribution in [1.29, 1.82) is 0 Å². The first-order valence-corrected chi connectivity index (χ1v) is 6.87. The molecule has 20 heavy (non-hydrogen) atoms. The largest absolute Gasteiger partial charge is 0.260 e. The summed E-state index contributed by atoms with van der Waals surface area (Å²) in [5.41, 5.74) is 4.92. The lowest BCUT2D eigenvalue weighted by molar-refractivity contribution is 0.918. The molecule has 1 nitrogen and oxygen atoms in total. The van der Waals surface area contributed by atoms with Crippen molar-refractivity contribution in [3.8, 4) is 0 Å². The smallest absolute Gasteiger partial charge is 0.0522 e. The predicted molar refractivity (Wildman–Crippen MR) is 82.8 cm³/mol. The van der Waals surface area contributed by atoms with Crippen molar-refractivity contribution >= 4 is 0 Å². The van der Waals surface area contributed by atoms with E-state index in [1.165, 1.54) is 16.7 Å². The highest BCUT2D eigenvalue weighted by Crippen LogP contribution is 2.30. The zero-order valence-electron chi connectivity index (χ0n) is 11.5. The lowest BCUT2D eigenvalue weighted by Gasteiger charge is -2.17. The van der Waals surface area contributed by atoms with Crippen LogP contribution in [-0.2, 0) is 0 Å². The fourth-order valence-corrected chi connectivity index (χ4v) is 2.49. The van der Waals surface area contributed by atoms with Crippen molar-refractivity contribution in [3.05, 3.63) is 101 Å². The Labute approximate surface area is 119 Å². The van der Waals surface area contributed by atoms with Crippen molar-refractivity contribution in [1.82, 2.24) is 4.98 Å². The summed E-state index contributed by atoms with van der Waals surface area (Å²) in [7, 11) is 0. The lowest BCUT2D eigenvalue weighted by atomic mass is 9.88. The van der Waals surface area contributed by atoms with Gasteiger partial charge in [-0.05, 0) is 30.2 Å². The van der Waals surface area contributed by atoms with E-state index in [9.17, 15) is 0 Å². The van der Waals surface area contributed by atoms with E-state index in [0.717, 1.165) is 5.69 Å². The van der Waals surface area contributed by atoms with Gasteiger partial charge in [0.25, 0.3) is 0 Å². The van der Waals surface area contributed by atoms with E-state index in [1.54, 1.807) is 0 Å². The molecule has 0 fully saturated rings. The molecule has 2 aromatic carbocycles. The van der Waals surface area contributed by atoms with Crippen molar-refractivity contribution in [2.45, 2.75) is 12.8 Å². The standard InChI is InChI=1S/C19H17N/c1-15-10-12-17(13-11-15)19(16-7-3-2-4-8-16)18-9-5-6-14-20-18/h2-14,19H,1H3. The number of nitrogens with zero attached hydrogens (tertiary/aromatic N) is 1. The van der Waals surface area contributed by atoms with E-state index < -0.39 is 0 Å². The highest BCUT2D eigenvalue weighted by atomic mass is 14.7. The van der Waals surface area contributed by atoms with Crippen LogP contribution in [0.1, 0.15) is 28.3 Å². The maximum atomic E-state index is 4.55. The van der Waals surface area contributed by atoms with Crippen molar-refractivity contribution < 1.29 is 0 Å². The minimum absolute atomic E-state index is 0.193. The molecule has 0 amide bonds. The molecule has 1 heteroatoms. The number of aryl methyl sites for hydroxylation is 1. The van der Waals surface area contributed by atoms with Crippen LogP contribution in [0.15, 0.2) is 79.0 Å². The molecule has 0 saturated carbocycles. The molecule has 1 atom stereocenters. The minimum Gasteiger partial charge on any atom is -0.260 e. The van der Waals surface area contributed by atoms with E-state index in [0.29, 0.717) is 0 Å². The minimum atomic E-state index is 0.193. The Hall–Kier alpha value is -2.41. The van der Waals surface area contributed by atoms with Gasteiger partial charge in [-0.1, -0.05) is 66.2 Å². The second-order valence-corrected chi connectivity index (χ2v) is 5.01. The molecule has 0 bridgehead atoms. The van der Waals surface area contributed by atoms with Crippen molar-refractivity contribution in [3.63, 3.8) is 0 Å². The van der Waals surface area contributed by atoms with Gasteiger partial charge in [0.2, 0.25) is 0 Å². The number of hydrogen-bond donors (Lipinski definition) is 0. The highest BCUT2D eigenvalue weighted by Gasteiger charge is 2.17. The molecule has 0 aliphatic rings. The van der Waals surface area contributed by atoms with Gasteiger partial charge in [-0.25, -0.2) is 0 Å². The molecule has 0 aliphatic heterocycles. The maximum absolute atomic E-state index is 4.55. The summed E-state index contributed by atoms with van der Waals surface area (Å²) in [5, 5.41) is 0. The zero-order valence-corrected chi connectivity index (χ0v) is 11.5. The molecule has 3 aromatic rings. The van der Waals surface area contributed by atoms with E-state index in [2.05, 4.69) is 66.5 Å². The van der Waals surface area contributed by atoms with Crippen LogP contribution in [0.25, 0.3) is 0 Å². The van der Waals surface area contributed by atoms with Gasteiger partial charge in [-0.2, -0.15) is 0 Å². The van der Waals surface area contributed by atoms with Gasteiger partial charge in [-0.3, -0.25) is 4.98 Å². The summed E-state index contributed by atoms with van der Waals surface area (Å²) in [5.74, 6) is 0.193. The van der Waals surface area contributed by atoms with Gasteiger partial charge < -0.3 is 0 Å². The summed E-state index contributed by atoms with van der Waals surface area (Å²) in [6.45, 7) is 2.11. The molecular formula is C19H17N. The Morgan fingerprint density at radius 2 is 1.35 bits per heavy atom. The van der Waals surface area contributed by atoms with Crippen molar-refractivity contribution in [2.24, 2.45) is 0 Å². The topological polar surface area (TPSA) is 12.9 Å². The summed E-state index contributed by atoms with van der Waals surface area (Å²) >= 11 is 0. The second kappa shape index (κ2) is 5.70. The Kier molecular flexibility index (Phi) is 3.60. The fraction of sp³-hybridized carbons (Fsp3) is 0.105. The molecule has 3 rings (SSSR count). The fourth-order valence-electron chi connectivity index (χ4n) is 2.49. The quantitative estimate of drug-likeness (QED) is 0.671. The van der Waals surface area contributed by atoms with Crippen LogP contribution >= 0.6 is 0 Å². The van der Waals surface area contributed by atoms with Crippen LogP contribution in [-0.4, -0.2) is 4.98 Å². The van der Waals surface area contributed by atoms with Crippen molar-refractivity contribution in [2.75, 3.05) is 0 Å². The Bertz CT molecular complexity index is 618. The number of hydrogen-bond acceptors (Lipinski definition) is 1. The first-order chi connectivity index (χ1) is 9.84. The zero-order chi connectivity index (χ0) is 13.8. The Morgan fingerprint density at radius 3 is 2.00 bits per heavy atom. The third-order valence-corrected chi connectivity index (χ3v) is 3.53. The van der Waals surface area contributed by atoms with Gasteiger partial charge in [0.15, 0.2) is 0 Å². The molecule has 0 radical (unpaired) electrons. The van der Waals surface area contributed by atoms with E-state index >= 15 is 0 Å². The first kappa shape index (κ1) is 12.6. The van der Waals surface area contributed by atoms with Crippen LogP contribution in [0.4, 0.5) is 0 Å². The average molecular weight is 259 g/mol. The van der Waals surface area contributed by atoms with E-state index in [1.807, 2.05) is 24.4 Å². The number of aromatic nitrogens is 1. The summed E-state index contributed by atoms with van der Waals surface area (Å²) in [4.78, 5) is 4.55. The summed E-state index contributed by atoms with van der Waals surface area (Å²) in [6.07, 6.45) is 1.86. The molecule has 0 spiro atoms. The summed E-state index contributed by atoms with van der Waals surface area (Å²) < 4.78 is 0. The van der Waals surface area contributed by atoms with Gasteiger partial charge in [-0.15, -0.1) is 0 Å². The monoisotopic (exact) mass is 259 g/mol. The van der Waals surface area contributed by atoms with Crippen LogP contribution in [0.2, 0.25) is 0 Å². The van der Waals surface area contributed by atoms with Gasteiger partial charge in [0.05, 0.1) is 11.6 Å². The van der Waals surface area contributed by atoms with Crippen LogP contribution < -0.4 is 0 Å². The van der Waals surface area contributed by atoms with Gasteiger partial charge in [0, 0.05) is 6.20 Å². The molecule has 1 heterocycles. The van der Waals surface area contributed by atoms with Gasteiger partial charge in [0.1, 0.15) is 0 Å². The molecule has 1 unspecified atom stereocenters. The third-order valence-electron chi connectivity index (χ3n) is 3.53. The Morgan fingerprint density at radius 1 is 0.700 bits per heavy atom. The second-order valence-electron chi connectivity index (χ2n) is 5.01. The molecule has 0 N–H and O–H groups in total. The SMILES string of the molecule is Cc1ccc(C(c2ccccc2)c2ccccn2)cc1. The molecule has 98 valence electrons. The molecule has 0 aliphatic carbocycles. The number of rotatable bonds is 3. The maximum Gasteiger partial charge on any atom is 0.0522 e. The highest BCUT2D eigenvalue weighted by molar-refractivity contribution is 5.40. The molecule has 1 aromatic heterocycles. The Balaban J connectivity index is 2.11. The van der Waals surface area contributed by atoms with Crippen LogP contribution in [0.5, 0.6) is 0 Å². The predicted octanol–water partition coefficient (Wildman–Crippen LogP) is 4.57. The van der Waals surface area contributed by atoms with Crippen LogP contribution in [0.3, 0.4) is 0 Å². The summed E-state index contributed by atoms with van der Waals surface area (Å²) in [6, 6.07) is 25.4.